The number of ether oxygens (including phenoxy) is 4. The van der Waals surface area contributed by atoms with E-state index in [1.807, 2.05) is 0 Å². The third-order valence-corrected chi connectivity index (χ3v) is 16.5. The highest BCUT2D eigenvalue weighted by atomic mass is 31.2. The molecule has 0 spiro atoms. The Kier molecular flexibility index (Phi) is 53.0. The average Bonchev–Trinajstić information content (AvgIpc) is 3.43. The lowest BCUT2D eigenvalue weighted by molar-refractivity contribution is -0.161. The first-order chi connectivity index (χ1) is 39.6. The smallest absolute Gasteiger partial charge is 0.462 e. The molecule has 0 saturated carbocycles. The Labute approximate surface area is 505 Å². The lowest BCUT2D eigenvalue weighted by atomic mass is 10.0. The van der Waals surface area contributed by atoms with Gasteiger partial charge in [0.05, 0.1) is 26.4 Å². The summed E-state index contributed by atoms with van der Waals surface area (Å²) in [4.78, 5) is 72.2. The minimum atomic E-state index is -4.95. The van der Waals surface area contributed by atoms with E-state index in [4.69, 9.17) is 37.0 Å². The van der Waals surface area contributed by atoms with Crippen molar-refractivity contribution in [2.24, 2.45) is 23.7 Å². The molecule has 17 nitrogen and oxygen atoms in total. The maximum Gasteiger partial charge on any atom is 0.472 e. The third-order valence-electron chi connectivity index (χ3n) is 14.6. The fraction of sp³-hybridized carbons (Fsp3) is 0.938. The van der Waals surface area contributed by atoms with Crippen molar-refractivity contribution >= 4 is 39.5 Å². The first-order valence-corrected chi connectivity index (χ1v) is 36.2. The van der Waals surface area contributed by atoms with Crippen LogP contribution in [0.2, 0.25) is 0 Å². The molecule has 0 amide bonds. The van der Waals surface area contributed by atoms with E-state index in [9.17, 15) is 43.2 Å². The molecular weight excluding hydrogens is 1100 g/mol. The van der Waals surface area contributed by atoms with E-state index in [2.05, 4.69) is 55.4 Å². The zero-order valence-electron chi connectivity index (χ0n) is 53.8. The van der Waals surface area contributed by atoms with Gasteiger partial charge in [-0.25, -0.2) is 9.13 Å². The van der Waals surface area contributed by atoms with Gasteiger partial charge >= 0.3 is 39.5 Å². The van der Waals surface area contributed by atoms with Crippen LogP contribution in [0.4, 0.5) is 0 Å². The van der Waals surface area contributed by atoms with E-state index < -0.39 is 97.5 Å². The summed E-state index contributed by atoms with van der Waals surface area (Å²) in [6.45, 7) is 13.9. The number of rotatable bonds is 61. The lowest BCUT2D eigenvalue weighted by Gasteiger charge is -2.21. The summed E-state index contributed by atoms with van der Waals surface area (Å²) < 4.78 is 68.0. The summed E-state index contributed by atoms with van der Waals surface area (Å²) in [5, 5.41) is 10.5. The normalized spacial score (nSPS) is 14.4. The van der Waals surface area contributed by atoms with Crippen LogP contribution in [-0.4, -0.2) is 96.7 Å². The number of esters is 4. The zero-order valence-corrected chi connectivity index (χ0v) is 55.6. The molecule has 0 fully saturated rings. The molecule has 3 N–H and O–H groups in total. The molecule has 0 aliphatic carbocycles. The molecule has 0 radical (unpaired) electrons. The van der Waals surface area contributed by atoms with Crippen molar-refractivity contribution in [3.8, 4) is 0 Å². The molecule has 0 aromatic heterocycles. The highest BCUT2D eigenvalue weighted by Gasteiger charge is 2.30. The SMILES string of the molecule is CC(C)CCCCCCCCCCCC(=O)O[C@H](COC(=O)CCCCCCCCCCC(C)C)COP(=O)(O)OCC(O)COP(=O)(O)OC[C@@H](COC(=O)CCCCCCCCCCC(C)C)OC(=O)CCCCCCCCC(C)C. The second kappa shape index (κ2) is 54.2. The van der Waals surface area contributed by atoms with E-state index in [1.54, 1.807) is 0 Å². The molecule has 0 aliphatic heterocycles. The van der Waals surface area contributed by atoms with Crippen LogP contribution in [0.5, 0.6) is 0 Å². The van der Waals surface area contributed by atoms with Crippen molar-refractivity contribution in [3.05, 3.63) is 0 Å². The maximum atomic E-state index is 13.0. The number of carbonyl (C=O) groups excluding carboxylic acids is 4. The van der Waals surface area contributed by atoms with Crippen LogP contribution < -0.4 is 0 Å². The van der Waals surface area contributed by atoms with E-state index in [0.717, 1.165) is 108 Å². The minimum absolute atomic E-state index is 0.101. The predicted octanol–water partition coefficient (Wildman–Crippen LogP) is 17.4. The predicted molar refractivity (Wildman–Crippen MR) is 331 cm³/mol. The fourth-order valence-electron chi connectivity index (χ4n) is 9.43. The van der Waals surface area contributed by atoms with Crippen LogP contribution in [0.3, 0.4) is 0 Å². The largest absolute Gasteiger partial charge is 0.472 e. The van der Waals surface area contributed by atoms with Gasteiger partial charge in [-0.1, -0.05) is 254 Å². The van der Waals surface area contributed by atoms with Crippen LogP contribution in [0, 0.1) is 23.7 Å². The molecule has 0 saturated heterocycles. The lowest BCUT2D eigenvalue weighted by Crippen LogP contribution is -2.30. The van der Waals surface area contributed by atoms with Gasteiger partial charge < -0.3 is 33.8 Å². The summed E-state index contributed by atoms with van der Waals surface area (Å²) in [5.41, 5.74) is 0. The molecule has 0 aliphatic rings. The number of carbonyl (C=O) groups is 4. The van der Waals surface area contributed by atoms with Crippen LogP contribution in [0.25, 0.3) is 0 Å². The van der Waals surface area contributed by atoms with Crippen LogP contribution >= 0.6 is 15.6 Å². The monoisotopic (exact) mass is 1230 g/mol. The van der Waals surface area contributed by atoms with Crippen molar-refractivity contribution in [1.82, 2.24) is 0 Å². The number of aliphatic hydroxyl groups is 1. The molecule has 83 heavy (non-hydrogen) atoms. The van der Waals surface area contributed by atoms with Gasteiger partial charge in [0.25, 0.3) is 0 Å². The quantitative estimate of drug-likeness (QED) is 0.0222. The fourth-order valence-corrected chi connectivity index (χ4v) is 11.0. The minimum Gasteiger partial charge on any atom is -0.462 e. The molecular formula is C64H124O17P2. The number of hydrogen-bond donors (Lipinski definition) is 3. The molecule has 19 heteroatoms. The van der Waals surface area contributed by atoms with E-state index in [1.165, 1.54) is 109 Å². The second-order valence-corrected chi connectivity index (χ2v) is 28.0. The number of hydrogen-bond acceptors (Lipinski definition) is 15. The number of phosphoric ester groups is 2. The first-order valence-electron chi connectivity index (χ1n) is 33.2. The van der Waals surface area contributed by atoms with Gasteiger partial charge in [0.1, 0.15) is 19.3 Å². The molecule has 492 valence electrons. The van der Waals surface area contributed by atoms with Gasteiger partial charge in [0.2, 0.25) is 0 Å². The van der Waals surface area contributed by atoms with Crippen molar-refractivity contribution in [2.75, 3.05) is 39.6 Å². The first kappa shape index (κ1) is 81.1. The maximum absolute atomic E-state index is 13.0. The van der Waals surface area contributed by atoms with Gasteiger partial charge in [-0.2, -0.15) is 0 Å². The van der Waals surface area contributed by atoms with E-state index in [0.29, 0.717) is 31.6 Å². The summed E-state index contributed by atoms with van der Waals surface area (Å²) in [7, 11) is -9.89. The van der Waals surface area contributed by atoms with Gasteiger partial charge in [0, 0.05) is 25.7 Å². The van der Waals surface area contributed by atoms with Crippen molar-refractivity contribution < 1.29 is 80.2 Å². The second-order valence-electron chi connectivity index (χ2n) is 25.1. The van der Waals surface area contributed by atoms with Gasteiger partial charge in [0.15, 0.2) is 12.2 Å². The topological polar surface area (TPSA) is 237 Å². The molecule has 0 bridgehead atoms. The Morgan fingerprint density at radius 3 is 0.747 bits per heavy atom. The van der Waals surface area contributed by atoms with Crippen LogP contribution in [0.15, 0.2) is 0 Å². The molecule has 0 rings (SSSR count). The van der Waals surface area contributed by atoms with Gasteiger partial charge in [-0.15, -0.1) is 0 Å². The third kappa shape index (κ3) is 58.8. The molecule has 0 aromatic rings. The Morgan fingerprint density at radius 2 is 0.506 bits per heavy atom. The van der Waals surface area contributed by atoms with E-state index in [-0.39, 0.29) is 25.7 Å². The Morgan fingerprint density at radius 1 is 0.301 bits per heavy atom. The molecule has 0 aromatic carbocycles. The summed E-state index contributed by atoms with van der Waals surface area (Å²) in [6.07, 6.45) is 33.7. The number of aliphatic hydroxyl groups excluding tert-OH is 1. The Balaban J connectivity index is 5.25. The summed E-state index contributed by atoms with van der Waals surface area (Å²) >= 11 is 0. The molecule has 3 unspecified atom stereocenters. The van der Waals surface area contributed by atoms with Gasteiger partial charge in [-0.05, 0) is 49.4 Å². The van der Waals surface area contributed by atoms with Crippen LogP contribution in [-0.2, 0) is 65.4 Å². The van der Waals surface area contributed by atoms with Crippen molar-refractivity contribution in [2.45, 2.75) is 324 Å². The number of phosphoric acid groups is 2. The highest BCUT2D eigenvalue weighted by Crippen LogP contribution is 2.45. The Hall–Kier alpha value is -1.94. The average molecular weight is 1230 g/mol. The van der Waals surface area contributed by atoms with E-state index >= 15 is 0 Å². The van der Waals surface area contributed by atoms with Gasteiger partial charge in [-0.3, -0.25) is 37.3 Å². The molecule has 5 atom stereocenters. The zero-order chi connectivity index (χ0) is 61.8. The summed E-state index contributed by atoms with van der Waals surface area (Å²) in [6, 6.07) is 0. The van der Waals surface area contributed by atoms with Crippen LogP contribution in [0.1, 0.15) is 306 Å². The van der Waals surface area contributed by atoms with Crippen molar-refractivity contribution in [1.29, 1.82) is 0 Å². The highest BCUT2D eigenvalue weighted by molar-refractivity contribution is 7.47. The van der Waals surface area contributed by atoms with Crippen molar-refractivity contribution in [3.63, 3.8) is 0 Å². The summed E-state index contributed by atoms with van der Waals surface area (Å²) in [5.74, 6) is 0.715. The number of unbranched alkanes of at least 4 members (excludes halogenated alkanes) is 27. The molecule has 0 heterocycles. The standard InChI is InChI=1S/C64H124O17P2/c1-54(2)40-32-24-16-10-9-11-21-30-38-46-63(68)80-59(50-74-61(66)44-36-28-19-14-12-17-25-33-41-55(3)4)52-78-82(70,71)76-48-58(65)49-77-83(72,73)79-53-60(81-64(69)47-39-31-23-22-27-35-43-57(7)8)51-75-62(67)45-37-29-20-15-13-18-26-34-42-56(5)6/h54-60,65H,9-53H2,1-8H3,(H,70,71)(H,72,73)/t58?,59-,60-/m1/s1. The Bertz CT molecular complexity index is 1660.